The molecule has 1 aliphatic carbocycles. The summed E-state index contributed by atoms with van der Waals surface area (Å²) in [5.74, 6) is 0.990. The van der Waals surface area contributed by atoms with E-state index in [-0.39, 0.29) is 16.8 Å². The summed E-state index contributed by atoms with van der Waals surface area (Å²) < 4.78 is 33.2. The predicted molar refractivity (Wildman–Crippen MR) is 127 cm³/mol. The van der Waals surface area contributed by atoms with Gasteiger partial charge in [-0.05, 0) is 73.5 Å². The molecule has 8 heteroatoms. The Balaban J connectivity index is 1.39. The summed E-state index contributed by atoms with van der Waals surface area (Å²) in [6, 6.07) is 16.6. The number of benzene rings is 2. The number of ether oxygens (including phenoxy) is 1. The lowest BCUT2D eigenvalue weighted by atomic mass is 9.96. The van der Waals surface area contributed by atoms with Gasteiger partial charge < -0.3 is 10.1 Å². The topological polar surface area (TPSA) is 88.6 Å². The van der Waals surface area contributed by atoms with Gasteiger partial charge in [-0.3, -0.25) is 9.78 Å². The number of rotatable bonds is 7. The summed E-state index contributed by atoms with van der Waals surface area (Å²) in [6.45, 7) is 0. The van der Waals surface area contributed by atoms with E-state index in [9.17, 15) is 13.2 Å². The van der Waals surface area contributed by atoms with E-state index in [1.807, 2.05) is 0 Å². The molecule has 0 aliphatic heterocycles. The van der Waals surface area contributed by atoms with Gasteiger partial charge in [-0.2, -0.15) is 4.31 Å². The number of nitrogens with zero attached hydrogens (tertiary/aromatic N) is 2. The highest BCUT2D eigenvalue weighted by molar-refractivity contribution is 7.89. The molecule has 1 amide bonds. The minimum Gasteiger partial charge on any atom is -0.457 e. The Morgan fingerprint density at radius 3 is 2.15 bits per heavy atom. The van der Waals surface area contributed by atoms with Crippen molar-refractivity contribution in [2.75, 3.05) is 12.4 Å². The van der Waals surface area contributed by atoms with Gasteiger partial charge in [-0.25, -0.2) is 8.42 Å². The number of carbonyl (C=O) groups excluding carboxylic acids is 1. The molecular formula is C25H27N3O4S. The van der Waals surface area contributed by atoms with Crippen molar-refractivity contribution in [3.05, 3.63) is 78.6 Å². The van der Waals surface area contributed by atoms with Crippen LogP contribution in [0, 0.1) is 0 Å². The maximum atomic E-state index is 13.0. The second kappa shape index (κ2) is 10.1. The van der Waals surface area contributed by atoms with Crippen molar-refractivity contribution in [2.45, 2.75) is 43.0 Å². The molecule has 0 bridgehead atoms. The van der Waals surface area contributed by atoms with Crippen LogP contribution in [0.3, 0.4) is 0 Å². The van der Waals surface area contributed by atoms with Crippen molar-refractivity contribution in [3.63, 3.8) is 0 Å². The molecule has 1 saturated carbocycles. The van der Waals surface area contributed by atoms with E-state index in [0.717, 1.165) is 32.1 Å². The van der Waals surface area contributed by atoms with Crippen LogP contribution in [0.15, 0.2) is 78.0 Å². The Kier molecular flexibility index (Phi) is 7.05. The summed E-state index contributed by atoms with van der Waals surface area (Å²) in [5, 5.41) is 2.82. The number of hydrogen-bond donors (Lipinski definition) is 1. The van der Waals surface area contributed by atoms with Gasteiger partial charge in [-0.1, -0.05) is 19.3 Å². The zero-order chi connectivity index (χ0) is 23.3. The van der Waals surface area contributed by atoms with Gasteiger partial charge in [0.05, 0.1) is 4.90 Å². The number of carbonyl (C=O) groups is 1. The van der Waals surface area contributed by atoms with Crippen LogP contribution in [0.2, 0.25) is 0 Å². The van der Waals surface area contributed by atoms with Crippen LogP contribution in [0.1, 0.15) is 42.5 Å². The lowest BCUT2D eigenvalue weighted by Gasteiger charge is -2.30. The Morgan fingerprint density at radius 2 is 1.52 bits per heavy atom. The average Bonchev–Trinajstić information content (AvgIpc) is 2.86. The van der Waals surface area contributed by atoms with Gasteiger partial charge in [0.15, 0.2) is 0 Å². The minimum absolute atomic E-state index is 0.0391. The Labute approximate surface area is 194 Å². The van der Waals surface area contributed by atoms with Crippen molar-refractivity contribution in [2.24, 2.45) is 0 Å². The first-order chi connectivity index (χ1) is 15.9. The lowest BCUT2D eigenvalue weighted by molar-refractivity contribution is 0.102. The standard InChI is InChI=1S/C25H27N3O4S/c1-28(21-5-3-2-4-6-21)33(30,31)24-13-7-19(8-14-24)25(29)27-20-9-11-22(12-10-20)32-23-15-17-26-18-16-23/h7-18,21H,2-6H2,1H3,(H,27,29). The van der Waals surface area contributed by atoms with E-state index in [0.29, 0.717) is 22.7 Å². The van der Waals surface area contributed by atoms with Crippen LogP contribution < -0.4 is 10.1 Å². The maximum Gasteiger partial charge on any atom is 0.255 e. The number of amides is 1. The first-order valence-corrected chi connectivity index (χ1v) is 12.4. The highest BCUT2D eigenvalue weighted by Crippen LogP contribution is 2.27. The lowest BCUT2D eigenvalue weighted by Crippen LogP contribution is -2.38. The van der Waals surface area contributed by atoms with Crippen LogP contribution in [-0.2, 0) is 10.0 Å². The summed E-state index contributed by atoms with van der Waals surface area (Å²) in [7, 11) is -1.94. The predicted octanol–water partition coefficient (Wildman–Crippen LogP) is 5.08. The molecule has 0 spiro atoms. The fourth-order valence-electron chi connectivity index (χ4n) is 3.94. The molecule has 1 heterocycles. The van der Waals surface area contributed by atoms with E-state index in [4.69, 9.17) is 4.74 Å². The van der Waals surface area contributed by atoms with E-state index < -0.39 is 10.0 Å². The third-order valence-electron chi connectivity index (χ3n) is 5.88. The monoisotopic (exact) mass is 465 g/mol. The van der Waals surface area contributed by atoms with E-state index in [1.165, 1.54) is 28.6 Å². The molecule has 1 fully saturated rings. The molecule has 3 aromatic rings. The number of anilines is 1. The van der Waals surface area contributed by atoms with Gasteiger partial charge in [0.25, 0.3) is 5.91 Å². The zero-order valence-electron chi connectivity index (χ0n) is 18.5. The number of hydrogen-bond acceptors (Lipinski definition) is 5. The van der Waals surface area contributed by atoms with Gasteiger partial charge in [0, 0.05) is 36.7 Å². The van der Waals surface area contributed by atoms with Crippen LogP contribution >= 0.6 is 0 Å². The van der Waals surface area contributed by atoms with E-state index in [1.54, 1.807) is 55.8 Å². The first-order valence-electron chi connectivity index (χ1n) is 11.0. The molecule has 0 radical (unpaired) electrons. The van der Waals surface area contributed by atoms with Crippen molar-refractivity contribution < 1.29 is 17.9 Å². The van der Waals surface area contributed by atoms with Gasteiger partial charge >= 0.3 is 0 Å². The molecule has 1 N–H and O–H groups in total. The Bertz CT molecular complexity index is 1170. The fourth-order valence-corrected chi connectivity index (χ4v) is 5.35. The molecule has 1 aromatic heterocycles. The van der Waals surface area contributed by atoms with Crippen molar-refractivity contribution in [1.29, 1.82) is 0 Å². The normalized spacial score (nSPS) is 14.7. The second-order valence-corrected chi connectivity index (χ2v) is 10.1. The maximum absolute atomic E-state index is 13.0. The average molecular weight is 466 g/mol. The van der Waals surface area contributed by atoms with Crippen LogP contribution in [0.25, 0.3) is 0 Å². The SMILES string of the molecule is CN(C1CCCCC1)S(=O)(=O)c1ccc(C(=O)Nc2ccc(Oc3ccncc3)cc2)cc1. The largest absolute Gasteiger partial charge is 0.457 e. The Morgan fingerprint density at radius 1 is 0.909 bits per heavy atom. The number of sulfonamides is 1. The van der Waals surface area contributed by atoms with E-state index >= 15 is 0 Å². The molecule has 0 saturated heterocycles. The summed E-state index contributed by atoms with van der Waals surface area (Å²) in [4.78, 5) is 16.8. The molecule has 1 aliphatic rings. The minimum atomic E-state index is -3.59. The third-order valence-corrected chi connectivity index (χ3v) is 7.80. The second-order valence-electron chi connectivity index (χ2n) is 8.10. The van der Waals surface area contributed by atoms with Crippen LogP contribution in [0.5, 0.6) is 11.5 Å². The summed E-state index contributed by atoms with van der Waals surface area (Å²) in [5.41, 5.74) is 0.988. The molecule has 7 nitrogen and oxygen atoms in total. The number of aromatic nitrogens is 1. The molecular weight excluding hydrogens is 438 g/mol. The smallest absolute Gasteiger partial charge is 0.255 e. The quantitative estimate of drug-likeness (QED) is 0.526. The van der Waals surface area contributed by atoms with Crippen LogP contribution in [-0.4, -0.2) is 36.7 Å². The number of nitrogens with one attached hydrogen (secondary N) is 1. The molecule has 172 valence electrons. The fraction of sp³-hybridized carbons (Fsp3) is 0.280. The van der Waals surface area contributed by atoms with Crippen LogP contribution in [0.4, 0.5) is 5.69 Å². The zero-order valence-corrected chi connectivity index (χ0v) is 19.3. The highest BCUT2D eigenvalue weighted by Gasteiger charge is 2.29. The summed E-state index contributed by atoms with van der Waals surface area (Å²) in [6.07, 6.45) is 8.35. The van der Waals surface area contributed by atoms with E-state index in [2.05, 4.69) is 10.3 Å². The van der Waals surface area contributed by atoms with Gasteiger partial charge in [0.2, 0.25) is 10.0 Å². The van der Waals surface area contributed by atoms with Crippen molar-refractivity contribution >= 4 is 21.6 Å². The molecule has 4 rings (SSSR count). The van der Waals surface area contributed by atoms with Crippen molar-refractivity contribution in [1.82, 2.24) is 9.29 Å². The highest BCUT2D eigenvalue weighted by atomic mass is 32.2. The Hall–Kier alpha value is -3.23. The molecule has 0 atom stereocenters. The first kappa shape index (κ1) is 22.9. The number of pyridine rings is 1. The molecule has 33 heavy (non-hydrogen) atoms. The van der Waals surface area contributed by atoms with Gasteiger partial charge in [-0.15, -0.1) is 0 Å². The third kappa shape index (κ3) is 5.58. The van der Waals surface area contributed by atoms with Crippen molar-refractivity contribution in [3.8, 4) is 11.5 Å². The summed E-state index contributed by atoms with van der Waals surface area (Å²) >= 11 is 0. The molecule has 2 aromatic carbocycles. The van der Waals surface area contributed by atoms with Gasteiger partial charge in [0.1, 0.15) is 11.5 Å². The molecule has 0 unspecified atom stereocenters.